The van der Waals surface area contributed by atoms with Crippen LogP contribution < -0.4 is 0 Å². The normalized spacial score (nSPS) is 10.3. The Hall–Kier alpha value is 0.278. The minimum absolute atomic E-state index is 0. The van der Waals surface area contributed by atoms with Gasteiger partial charge in [0.15, 0.2) is 0 Å². The number of hydrogen-bond acceptors (Lipinski definition) is 9. The van der Waals surface area contributed by atoms with E-state index in [1.807, 2.05) is 0 Å². The Morgan fingerprint density at radius 3 is 0.860 bits per heavy atom. The van der Waals surface area contributed by atoms with E-state index in [-0.39, 0.29) is 42.3 Å². The molecular weight excluding hydrogens is 710 g/mol. The van der Waals surface area contributed by atoms with Crippen LogP contribution in [0.1, 0.15) is 138 Å². The molecule has 0 rings (SSSR count). The van der Waals surface area contributed by atoms with Crippen LogP contribution in [0.25, 0.3) is 0 Å². The molecule has 0 aliphatic rings. The Balaban J connectivity index is -0.000000262. The summed E-state index contributed by atoms with van der Waals surface area (Å²) in [4.78, 5) is 32.7. The Morgan fingerprint density at radius 1 is 0.442 bits per heavy atom. The molecule has 0 aromatic rings. The number of carbonyl (C=O) groups is 3. The third-order valence-corrected chi connectivity index (χ3v) is 6.69. The van der Waals surface area contributed by atoms with Crippen molar-refractivity contribution in [2.75, 3.05) is 37.1 Å². The molecule has 6 nitrogen and oxygen atoms in total. The summed E-state index contributed by atoms with van der Waals surface area (Å²) in [5.74, 6) is 3.70. The van der Waals surface area contributed by atoms with Crippen molar-refractivity contribution in [1.29, 1.82) is 0 Å². The molecule has 10 heteroatoms. The van der Waals surface area contributed by atoms with Gasteiger partial charge in [-0.2, -0.15) is 37.9 Å². The van der Waals surface area contributed by atoms with Crippen molar-refractivity contribution < 1.29 is 28.6 Å². The number of esters is 3. The van der Waals surface area contributed by atoms with Gasteiger partial charge in [-0.05, 0) is 37.0 Å². The average molecular weight is 777 g/mol. The Labute approximate surface area is 299 Å². The fourth-order valence-corrected chi connectivity index (χ4v) is 4.09. The smallest absolute Gasteiger partial charge is 0.306 e. The van der Waals surface area contributed by atoms with Crippen LogP contribution in [0.4, 0.5) is 0 Å². The number of unbranched alkanes of at least 4 members (excludes halogenated alkanes) is 6. The number of carbonyl (C=O) groups excluding carboxylic acids is 3. The molecule has 0 amide bonds. The molecule has 0 fully saturated rings. The second-order valence-electron chi connectivity index (χ2n) is 11.8. The zero-order chi connectivity index (χ0) is 32.4. The van der Waals surface area contributed by atoms with Gasteiger partial charge in [-0.15, -0.1) is 0 Å². The maximum atomic E-state index is 10.9. The summed E-state index contributed by atoms with van der Waals surface area (Å²) in [6, 6.07) is 0. The largest absolute Gasteiger partial charge is 0.466 e. The van der Waals surface area contributed by atoms with Crippen molar-refractivity contribution in [3.8, 4) is 0 Å². The first-order chi connectivity index (χ1) is 20.0. The SMILES string of the molecule is CC(C)CCCCCOC(=O)CCS.CC(C)CCCCCOC(=O)CCS.CC(C)CCCCCOC(=O)CCS.[Sb]. The molecule has 0 heterocycles. The van der Waals surface area contributed by atoms with E-state index in [1.165, 1.54) is 38.5 Å². The molecule has 0 saturated carbocycles. The van der Waals surface area contributed by atoms with Crippen LogP contribution in [0.2, 0.25) is 0 Å². The zero-order valence-corrected chi connectivity index (χ0v) is 33.6. The molecule has 43 heavy (non-hydrogen) atoms. The summed E-state index contributed by atoms with van der Waals surface area (Å²) in [5, 5.41) is 0. The third kappa shape index (κ3) is 52.1. The first-order valence-electron chi connectivity index (χ1n) is 16.3. The van der Waals surface area contributed by atoms with Crippen LogP contribution in [0.3, 0.4) is 0 Å². The summed E-state index contributed by atoms with van der Waals surface area (Å²) < 4.78 is 15.0. The van der Waals surface area contributed by atoms with Gasteiger partial charge >= 0.3 is 17.9 Å². The first kappa shape index (κ1) is 50.1. The molecule has 0 aliphatic heterocycles. The first-order valence-corrected chi connectivity index (χ1v) is 18.2. The van der Waals surface area contributed by atoms with Crippen LogP contribution in [0.5, 0.6) is 0 Å². The molecule has 0 unspecified atom stereocenters. The maximum absolute atomic E-state index is 10.9. The fraction of sp³-hybridized carbons (Fsp3) is 0.909. The summed E-state index contributed by atoms with van der Waals surface area (Å²) in [7, 11) is 0. The summed E-state index contributed by atoms with van der Waals surface area (Å²) in [6.45, 7) is 15.1. The van der Waals surface area contributed by atoms with E-state index in [9.17, 15) is 14.4 Å². The van der Waals surface area contributed by atoms with E-state index in [4.69, 9.17) is 14.2 Å². The van der Waals surface area contributed by atoms with Crippen molar-refractivity contribution in [3.63, 3.8) is 0 Å². The van der Waals surface area contributed by atoms with E-state index < -0.39 is 0 Å². The molecule has 257 valence electrons. The molecule has 0 spiro atoms. The molecule has 0 atom stereocenters. The molecule has 0 bridgehead atoms. The summed E-state index contributed by atoms with van der Waals surface area (Å²) in [5.41, 5.74) is 0. The number of hydrogen-bond donors (Lipinski definition) is 3. The van der Waals surface area contributed by atoms with Crippen LogP contribution in [-0.2, 0) is 28.6 Å². The van der Waals surface area contributed by atoms with Crippen molar-refractivity contribution >= 4 is 80.2 Å². The second kappa shape index (κ2) is 40.3. The predicted octanol–water partition coefficient (Wildman–Crippen LogP) is 8.82. The van der Waals surface area contributed by atoms with E-state index in [0.29, 0.717) is 56.3 Å². The summed E-state index contributed by atoms with van der Waals surface area (Å²) >= 11 is 11.9. The van der Waals surface area contributed by atoms with Crippen molar-refractivity contribution in [2.45, 2.75) is 138 Å². The van der Waals surface area contributed by atoms with Gasteiger partial charge in [0.1, 0.15) is 0 Å². The van der Waals surface area contributed by atoms with Gasteiger partial charge < -0.3 is 14.2 Å². The molecule has 3 radical (unpaired) electrons. The van der Waals surface area contributed by atoms with Crippen molar-refractivity contribution in [2.24, 2.45) is 17.8 Å². The fourth-order valence-electron chi connectivity index (χ4n) is 3.54. The minimum atomic E-state index is -0.121. The van der Waals surface area contributed by atoms with Crippen LogP contribution in [0, 0.1) is 17.8 Å². The van der Waals surface area contributed by atoms with Crippen molar-refractivity contribution in [3.05, 3.63) is 0 Å². The Kier molecular flexibility index (Phi) is 47.0. The monoisotopic (exact) mass is 775 g/mol. The molecule has 0 aromatic carbocycles. The van der Waals surface area contributed by atoms with Crippen LogP contribution in [-0.4, -0.2) is 79.4 Å². The van der Waals surface area contributed by atoms with Gasteiger partial charge in [-0.25, -0.2) is 0 Å². The average Bonchev–Trinajstić information content (AvgIpc) is 2.91. The van der Waals surface area contributed by atoms with E-state index >= 15 is 0 Å². The molecule has 0 aliphatic carbocycles. The van der Waals surface area contributed by atoms with Crippen LogP contribution >= 0.6 is 37.9 Å². The Bertz CT molecular complexity index is 526. The quantitative estimate of drug-likeness (QED) is 0.0299. The van der Waals surface area contributed by atoms with E-state index in [2.05, 4.69) is 79.4 Å². The third-order valence-electron chi connectivity index (χ3n) is 6.01. The molecule has 0 saturated heterocycles. The van der Waals surface area contributed by atoms with Gasteiger partial charge in [-0.1, -0.05) is 99.3 Å². The van der Waals surface area contributed by atoms with Crippen molar-refractivity contribution in [1.82, 2.24) is 0 Å². The van der Waals surface area contributed by atoms with Gasteiger partial charge in [0.2, 0.25) is 0 Å². The zero-order valence-electron chi connectivity index (χ0n) is 28.3. The number of rotatable bonds is 24. The molecule has 0 aromatic heterocycles. The van der Waals surface area contributed by atoms with Gasteiger partial charge in [-0.3, -0.25) is 14.4 Å². The van der Waals surface area contributed by atoms with Gasteiger partial charge in [0.05, 0.1) is 39.1 Å². The standard InChI is InChI=1S/3C11H22O2S.Sb/c3*1-10(2)6-4-3-5-8-13-11(12)7-9-14;/h3*10,14H,3-9H2,1-2H3;. The summed E-state index contributed by atoms with van der Waals surface area (Å²) in [6.07, 6.45) is 15.2. The predicted molar refractivity (Wildman–Crippen MR) is 194 cm³/mol. The van der Waals surface area contributed by atoms with E-state index in [1.54, 1.807) is 0 Å². The Morgan fingerprint density at radius 2 is 0.674 bits per heavy atom. The van der Waals surface area contributed by atoms with Gasteiger partial charge in [0, 0.05) is 41.7 Å². The van der Waals surface area contributed by atoms with Crippen LogP contribution in [0.15, 0.2) is 0 Å². The second-order valence-corrected chi connectivity index (χ2v) is 13.2. The maximum Gasteiger partial charge on any atom is 0.306 e. The topological polar surface area (TPSA) is 78.9 Å². The number of thiol groups is 3. The minimum Gasteiger partial charge on any atom is -0.466 e. The number of ether oxygens (including phenoxy) is 3. The van der Waals surface area contributed by atoms with E-state index in [0.717, 1.165) is 56.3 Å². The molecular formula is C33H66O6S3Sb. The molecule has 0 N–H and O–H groups in total. The van der Waals surface area contributed by atoms with Gasteiger partial charge in [0.25, 0.3) is 0 Å².